The Hall–Kier alpha value is -2.18. The number of nitrogens with zero attached hydrogens (tertiary/aromatic N) is 5. The molecule has 0 bridgehead atoms. The Morgan fingerprint density at radius 1 is 1.21 bits per heavy atom. The standard InChI is InChI=1S/C12H18N6O/c1-8(2)9(3)19-12-16-10(13-4)15-11(17-12)18-6-5-14-7-18/h5-9H,1-4H3,(H,13,15,16,17). The van der Waals surface area contributed by atoms with Gasteiger partial charge in [-0.1, -0.05) is 13.8 Å². The van der Waals surface area contributed by atoms with Crippen LogP contribution in [-0.2, 0) is 0 Å². The van der Waals surface area contributed by atoms with Crippen LogP contribution >= 0.6 is 0 Å². The Kier molecular flexibility index (Phi) is 3.94. The van der Waals surface area contributed by atoms with Crippen molar-refractivity contribution in [1.82, 2.24) is 24.5 Å². The number of ether oxygens (including phenoxy) is 1. The summed E-state index contributed by atoms with van der Waals surface area (Å²) in [5.74, 6) is 1.32. The van der Waals surface area contributed by atoms with Gasteiger partial charge in [0.25, 0.3) is 0 Å². The third-order valence-corrected chi connectivity index (χ3v) is 2.79. The Bertz CT molecular complexity index is 525. The molecule has 2 aromatic rings. The lowest BCUT2D eigenvalue weighted by Crippen LogP contribution is -2.21. The average Bonchev–Trinajstić information content (AvgIpc) is 2.92. The molecule has 0 aliphatic rings. The lowest BCUT2D eigenvalue weighted by Gasteiger charge is -2.17. The first-order valence-electron chi connectivity index (χ1n) is 6.19. The highest BCUT2D eigenvalue weighted by molar-refractivity contribution is 5.29. The van der Waals surface area contributed by atoms with Crippen LogP contribution in [0.15, 0.2) is 18.7 Å². The van der Waals surface area contributed by atoms with Crippen molar-refractivity contribution in [2.45, 2.75) is 26.9 Å². The number of hydrogen-bond donors (Lipinski definition) is 1. The normalized spacial score (nSPS) is 12.5. The predicted molar refractivity (Wildman–Crippen MR) is 71.4 cm³/mol. The van der Waals surface area contributed by atoms with Gasteiger partial charge in [-0.25, -0.2) is 4.98 Å². The zero-order valence-electron chi connectivity index (χ0n) is 11.5. The maximum absolute atomic E-state index is 5.72. The molecule has 0 spiro atoms. The molecule has 0 fully saturated rings. The molecule has 1 atom stereocenters. The predicted octanol–water partition coefficient (Wildman–Crippen LogP) is 1.52. The molecule has 0 radical (unpaired) electrons. The van der Waals surface area contributed by atoms with Gasteiger partial charge in [0.2, 0.25) is 11.9 Å². The summed E-state index contributed by atoms with van der Waals surface area (Å²) in [6.45, 7) is 6.16. The van der Waals surface area contributed by atoms with Crippen molar-refractivity contribution < 1.29 is 4.74 Å². The van der Waals surface area contributed by atoms with Crippen molar-refractivity contribution in [2.75, 3.05) is 12.4 Å². The first-order chi connectivity index (χ1) is 9.10. The minimum absolute atomic E-state index is 0.0303. The Labute approximate surface area is 112 Å². The van der Waals surface area contributed by atoms with Crippen LogP contribution in [0.25, 0.3) is 5.95 Å². The van der Waals surface area contributed by atoms with E-state index in [1.54, 1.807) is 30.3 Å². The van der Waals surface area contributed by atoms with E-state index in [0.29, 0.717) is 23.8 Å². The summed E-state index contributed by atoms with van der Waals surface area (Å²) in [7, 11) is 1.75. The Morgan fingerprint density at radius 2 is 2.00 bits per heavy atom. The van der Waals surface area contributed by atoms with E-state index in [4.69, 9.17) is 4.74 Å². The van der Waals surface area contributed by atoms with Crippen LogP contribution in [0.4, 0.5) is 5.95 Å². The molecule has 102 valence electrons. The van der Waals surface area contributed by atoms with E-state index in [-0.39, 0.29) is 6.10 Å². The van der Waals surface area contributed by atoms with Crippen molar-refractivity contribution >= 4 is 5.95 Å². The Morgan fingerprint density at radius 3 is 2.58 bits per heavy atom. The highest BCUT2D eigenvalue weighted by atomic mass is 16.5. The van der Waals surface area contributed by atoms with Crippen LogP contribution in [-0.4, -0.2) is 37.7 Å². The van der Waals surface area contributed by atoms with E-state index in [1.165, 1.54) is 0 Å². The lowest BCUT2D eigenvalue weighted by molar-refractivity contribution is 0.155. The highest BCUT2D eigenvalue weighted by Crippen LogP contribution is 2.14. The molecule has 0 saturated heterocycles. The molecule has 7 nitrogen and oxygen atoms in total. The van der Waals surface area contributed by atoms with Crippen molar-refractivity contribution in [3.63, 3.8) is 0 Å². The van der Waals surface area contributed by atoms with Crippen molar-refractivity contribution in [3.05, 3.63) is 18.7 Å². The minimum atomic E-state index is 0.0303. The third-order valence-electron chi connectivity index (χ3n) is 2.79. The molecule has 2 rings (SSSR count). The van der Waals surface area contributed by atoms with Gasteiger partial charge in [-0.3, -0.25) is 4.57 Å². The van der Waals surface area contributed by atoms with Gasteiger partial charge < -0.3 is 10.1 Å². The Balaban J connectivity index is 2.31. The van der Waals surface area contributed by atoms with E-state index in [9.17, 15) is 0 Å². The molecule has 2 aromatic heterocycles. The van der Waals surface area contributed by atoms with Gasteiger partial charge in [0.05, 0.1) is 0 Å². The van der Waals surface area contributed by atoms with Crippen LogP contribution in [0.3, 0.4) is 0 Å². The van der Waals surface area contributed by atoms with Crippen molar-refractivity contribution in [3.8, 4) is 12.0 Å². The molecule has 2 heterocycles. The van der Waals surface area contributed by atoms with Crippen LogP contribution in [0.2, 0.25) is 0 Å². The van der Waals surface area contributed by atoms with E-state index >= 15 is 0 Å². The van der Waals surface area contributed by atoms with Gasteiger partial charge in [0, 0.05) is 19.4 Å². The summed E-state index contributed by atoms with van der Waals surface area (Å²) in [4.78, 5) is 16.7. The van der Waals surface area contributed by atoms with Crippen LogP contribution in [0, 0.1) is 5.92 Å². The lowest BCUT2D eigenvalue weighted by atomic mass is 10.1. The SMILES string of the molecule is CNc1nc(OC(C)C(C)C)nc(-n2ccnc2)n1. The zero-order chi connectivity index (χ0) is 13.8. The fourth-order valence-electron chi connectivity index (χ4n) is 1.31. The van der Waals surface area contributed by atoms with Crippen LogP contribution in [0.5, 0.6) is 6.01 Å². The van der Waals surface area contributed by atoms with Crippen LogP contribution < -0.4 is 10.1 Å². The molecule has 19 heavy (non-hydrogen) atoms. The monoisotopic (exact) mass is 262 g/mol. The largest absolute Gasteiger partial charge is 0.460 e. The van der Waals surface area contributed by atoms with E-state index in [2.05, 4.69) is 39.1 Å². The van der Waals surface area contributed by atoms with Crippen molar-refractivity contribution in [1.29, 1.82) is 0 Å². The summed E-state index contributed by atoms with van der Waals surface area (Å²) in [5.41, 5.74) is 0. The van der Waals surface area contributed by atoms with E-state index in [0.717, 1.165) is 0 Å². The summed E-state index contributed by atoms with van der Waals surface area (Å²) < 4.78 is 7.42. The number of aromatic nitrogens is 5. The summed E-state index contributed by atoms with van der Waals surface area (Å²) in [6.07, 6.45) is 5.09. The first kappa shape index (κ1) is 13.3. The zero-order valence-corrected chi connectivity index (χ0v) is 11.5. The quantitative estimate of drug-likeness (QED) is 0.880. The number of anilines is 1. The van der Waals surface area contributed by atoms with E-state index in [1.807, 2.05) is 6.92 Å². The highest BCUT2D eigenvalue weighted by Gasteiger charge is 2.13. The summed E-state index contributed by atoms with van der Waals surface area (Å²) in [5, 5.41) is 2.90. The first-order valence-corrected chi connectivity index (χ1v) is 6.19. The molecule has 0 amide bonds. The van der Waals surface area contributed by atoms with Crippen LogP contribution in [0.1, 0.15) is 20.8 Å². The second kappa shape index (κ2) is 5.64. The van der Waals surface area contributed by atoms with Gasteiger partial charge in [0.15, 0.2) is 0 Å². The molecule has 1 N–H and O–H groups in total. The molecule has 0 saturated carbocycles. The molecule has 0 aliphatic heterocycles. The van der Waals surface area contributed by atoms with E-state index < -0.39 is 0 Å². The molecule has 1 unspecified atom stereocenters. The second-order valence-electron chi connectivity index (χ2n) is 4.53. The molecule has 7 heteroatoms. The van der Waals surface area contributed by atoms with Crippen molar-refractivity contribution in [2.24, 2.45) is 5.92 Å². The summed E-state index contributed by atoms with van der Waals surface area (Å²) in [6, 6.07) is 0.309. The number of hydrogen-bond acceptors (Lipinski definition) is 6. The smallest absolute Gasteiger partial charge is 0.323 e. The number of nitrogens with one attached hydrogen (secondary N) is 1. The topological polar surface area (TPSA) is 77.8 Å². The molecule has 0 aliphatic carbocycles. The van der Waals surface area contributed by atoms with Gasteiger partial charge in [-0.15, -0.1) is 0 Å². The van der Waals surface area contributed by atoms with Gasteiger partial charge in [0.1, 0.15) is 12.4 Å². The fourth-order valence-corrected chi connectivity index (χ4v) is 1.31. The molecular formula is C12H18N6O. The number of imidazole rings is 1. The van der Waals surface area contributed by atoms with Gasteiger partial charge in [-0.2, -0.15) is 15.0 Å². The maximum Gasteiger partial charge on any atom is 0.323 e. The second-order valence-corrected chi connectivity index (χ2v) is 4.53. The number of rotatable bonds is 5. The average molecular weight is 262 g/mol. The maximum atomic E-state index is 5.72. The molecular weight excluding hydrogens is 244 g/mol. The fraction of sp³-hybridized carbons (Fsp3) is 0.500. The third kappa shape index (κ3) is 3.18. The minimum Gasteiger partial charge on any atom is -0.460 e. The summed E-state index contributed by atoms with van der Waals surface area (Å²) >= 11 is 0. The van der Waals surface area contributed by atoms with Gasteiger partial charge >= 0.3 is 6.01 Å². The molecule has 0 aromatic carbocycles. The van der Waals surface area contributed by atoms with Gasteiger partial charge in [-0.05, 0) is 12.8 Å².